The van der Waals surface area contributed by atoms with Crippen LogP contribution in [0.3, 0.4) is 0 Å². The summed E-state index contributed by atoms with van der Waals surface area (Å²) in [5, 5.41) is 13.7. The standard InChI is InChI=1S/C31H28FN7O3/c1-33-22-12-21(32)26(34-2)24-25-28(38-11-9-16-8-10-37(3)23(16)15-38)20(13-35-29(25)36-27(22)24)17-4-5-18-6-7-19(31(41)42)30(40)39(18)14-17/h4-7,12-14,16,23,33H,8-11,15H2,1,3H3,(H,35,36)(H,41,42)/t16-,23?/m1/s1. The van der Waals surface area contributed by atoms with E-state index in [0.717, 1.165) is 38.2 Å². The van der Waals surface area contributed by atoms with E-state index in [-0.39, 0.29) is 11.3 Å². The van der Waals surface area contributed by atoms with Crippen molar-refractivity contribution in [1.29, 1.82) is 0 Å². The van der Waals surface area contributed by atoms with E-state index in [1.807, 2.05) is 6.07 Å². The lowest BCUT2D eigenvalue weighted by Crippen LogP contribution is -2.47. The first-order valence-electron chi connectivity index (χ1n) is 13.9. The van der Waals surface area contributed by atoms with E-state index in [2.05, 4.69) is 32.0 Å². The summed E-state index contributed by atoms with van der Waals surface area (Å²) in [7, 11) is 3.85. The van der Waals surface area contributed by atoms with Crippen LogP contribution in [0.15, 0.2) is 47.5 Å². The zero-order valence-corrected chi connectivity index (χ0v) is 23.1. The Balaban J connectivity index is 1.55. The summed E-state index contributed by atoms with van der Waals surface area (Å²) in [5.74, 6) is -1.32. The summed E-state index contributed by atoms with van der Waals surface area (Å²) in [4.78, 5) is 41.1. The molecule has 1 aromatic carbocycles. The Labute approximate surface area is 239 Å². The molecule has 11 heteroatoms. The molecule has 4 aromatic heterocycles. The number of rotatable bonds is 4. The van der Waals surface area contributed by atoms with E-state index in [0.29, 0.717) is 56.2 Å². The normalized spacial score (nSPS) is 19.0. The number of carboxylic acid groups (broad SMARTS) is 1. The molecule has 0 amide bonds. The maximum absolute atomic E-state index is 15.3. The van der Waals surface area contributed by atoms with Crippen LogP contribution in [0.5, 0.6) is 0 Å². The molecule has 2 fully saturated rings. The summed E-state index contributed by atoms with van der Waals surface area (Å²) in [6.45, 7) is 10.4. The molecule has 0 aliphatic carbocycles. The number of hydrogen-bond acceptors (Lipinski definition) is 6. The third-order valence-electron chi connectivity index (χ3n) is 9.03. The first kappa shape index (κ1) is 26.0. The summed E-state index contributed by atoms with van der Waals surface area (Å²) in [5.41, 5.74) is 3.35. The number of piperidine rings is 1. The number of halogens is 1. The molecule has 5 aromatic rings. The van der Waals surface area contributed by atoms with Gasteiger partial charge in [-0.3, -0.25) is 9.20 Å². The average Bonchev–Trinajstić information content (AvgIpc) is 3.56. The third kappa shape index (κ3) is 3.75. The summed E-state index contributed by atoms with van der Waals surface area (Å²) in [6.07, 6.45) is 5.51. The van der Waals surface area contributed by atoms with Crippen molar-refractivity contribution in [2.75, 3.05) is 43.9 Å². The van der Waals surface area contributed by atoms with Crippen LogP contribution in [-0.2, 0) is 0 Å². The number of pyridine rings is 3. The highest BCUT2D eigenvalue weighted by molar-refractivity contribution is 6.22. The van der Waals surface area contributed by atoms with Crippen molar-refractivity contribution in [2.45, 2.75) is 18.9 Å². The fourth-order valence-electron chi connectivity index (χ4n) is 6.88. The molecule has 0 radical (unpaired) electrons. The Kier molecular flexibility index (Phi) is 5.92. The predicted octanol–water partition coefficient (Wildman–Crippen LogP) is 4.96. The molecule has 2 atom stereocenters. The van der Waals surface area contributed by atoms with E-state index in [1.54, 1.807) is 31.6 Å². The molecule has 0 spiro atoms. The molecule has 212 valence electrons. The van der Waals surface area contributed by atoms with Crippen molar-refractivity contribution in [3.63, 3.8) is 0 Å². The highest BCUT2D eigenvalue weighted by atomic mass is 19.1. The SMILES string of the molecule is [C-]#[N+]c1c(F)cc(NC)c2[nH]c3ncc(-c4ccc5ccc(C(=O)O)c(=O)n5c4)c(N4CC[C@H]5CCN(C)C5C4)c3c12. The second-order valence-corrected chi connectivity index (χ2v) is 11.1. The van der Waals surface area contributed by atoms with Crippen molar-refractivity contribution < 1.29 is 14.3 Å². The first-order valence-corrected chi connectivity index (χ1v) is 13.9. The van der Waals surface area contributed by atoms with E-state index in [4.69, 9.17) is 11.6 Å². The topological polar surface area (TPSA) is 110 Å². The lowest BCUT2D eigenvalue weighted by atomic mass is 9.90. The Hall–Kier alpha value is -4.95. The van der Waals surface area contributed by atoms with Crippen LogP contribution in [0.2, 0.25) is 0 Å². The number of benzene rings is 1. The molecule has 2 saturated heterocycles. The molecule has 42 heavy (non-hydrogen) atoms. The van der Waals surface area contributed by atoms with Crippen LogP contribution >= 0.6 is 0 Å². The van der Waals surface area contributed by atoms with Gasteiger partial charge in [-0.2, -0.15) is 0 Å². The number of aromatic amines is 1. The van der Waals surface area contributed by atoms with E-state index in [1.165, 1.54) is 16.5 Å². The van der Waals surface area contributed by atoms with Gasteiger partial charge in [0.15, 0.2) is 0 Å². The number of fused-ring (bicyclic) bond motifs is 5. The Morgan fingerprint density at radius 1 is 1.21 bits per heavy atom. The monoisotopic (exact) mass is 565 g/mol. The smallest absolute Gasteiger partial charge is 0.341 e. The van der Waals surface area contributed by atoms with Crippen molar-refractivity contribution >= 4 is 50.5 Å². The van der Waals surface area contributed by atoms with Crippen LogP contribution < -0.4 is 15.8 Å². The predicted molar refractivity (Wildman–Crippen MR) is 160 cm³/mol. The minimum absolute atomic E-state index is 0.0795. The van der Waals surface area contributed by atoms with E-state index >= 15 is 4.39 Å². The summed E-state index contributed by atoms with van der Waals surface area (Å²) in [6, 6.07) is 8.23. The Morgan fingerprint density at radius 2 is 2.00 bits per heavy atom. The largest absolute Gasteiger partial charge is 0.477 e. The maximum Gasteiger partial charge on any atom is 0.341 e. The Bertz CT molecular complexity index is 2040. The van der Waals surface area contributed by atoms with Crippen molar-refractivity contribution in [3.8, 4) is 11.1 Å². The zero-order valence-electron chi connectivity index (χ0n) is 23.1. The number of H-pyrrole nitrogens is 1. The Morgan fingerprint density at radius 3 is 2.76 bits per heavy atom. The summed E-state index contributed by atoms with van der Waals surface area (Å²) >= 11 is 0. The number of likely N-dealkylation sites (tertiary alicyclic amines) is 1. The molecule has 2 aliphatic rings. The van der Waals surface area contributed by atoms with Crippen molar-refractivity contribution in [2.24, 2.45) is 5.92 Å². The lowest BCUT2D eigenvalue weighted by Gasteiger charge is -2.40. The third-order valence-corrected chi connectivity index (χ3v) is 9.03. The second-order valence-electron chi connectivity index (χ2n) is 11.1. The number of carboxylic acids is 1. The number of anilines is 2. The zero-order chi connectivity index (χ0) is 29.3. The van der Waals surface area contributed by atoms with Gasteiger partial charge in [0.25, 0.3) is 5.56 Å². The van der Waals surface area contributed by atoms with Gasteiger partial charge in [-0.15, -0.1) is 0 Å². The molecule has 7 rings (SSSR count). The highest BCUT2D eigenvalue weighted by Gasteiger charge is 2.38. The van der Waals surface area contributed by atoms with Crippen molar-refractivity contribution in [3.05, 3.63) is 75.9 Å². The van der Waals surface area contributed by atoms with Crippen molar-refractivity contribution in [1.82, 2.24) is 19.3 Å². The fourth-order valence-corrected chi connectivity index (χ4v) is 6.88. The van der Waals surface area contributed by atoms with E-state index < -0.39 is 17.3 Å². The van der Waals surface area contributed by atoms with E-state index in [9.17, 15) is 14.7 Å². The minimum Gasteiger partial charge on any atom is -0.477 e. The van der Waals surface area contributed by atoms with Gasteiger partial charge in [0, 0.05) is 66.0 Å². The molecule has 3 N–H and O–H groups in total. The van der Waals surface area contributed by atoms with Gasteiger partial charge in [0.1, 0.15) is 17.0 Å². The number of hydrogen-bond donors (Lipinski definition) is 3. The molecule has 0 bridgehead atoms. The maximum atomic E-state index is 15.3. The number of nitrogens with zero attached hydrogens (tertiary/aromatic N) is 5. The number of carbonyl (C=O) groups is 1. The second kappa shape index (κ2) is 9.56. The highest BCUT2D eigenvalue weighted by Crippen LogP contribution is 2.47. The van der Waals surface area contributed by atoms with Gasteiger partial charge in [-0.25, -0.2) is 19.0 Å². The molecular weight excluding hydrogens is 537 g/mol. The molecular formula is C31H28FN7O3. The fraction of sp³-hybridized carbons (Fsp3) is 0.290. The quantitative estimate of drug-likeness (QED) is 0.264. The van der Waals surface area contributed by atoms with Crippen LogP contribution in [0.1, 0.15) is 23.2 Å². The molecule has 1 unspecified atom stereocenters. The summed E-state index contributed by atoms with van der Waals surface area (Å²) < 4.78 is 16.7. The van der Waals surface area contributed by atoms with Gasteiger partial charge in [0.05, 0.1) is 23.5 Å². The van der Waals surface area contributed by atoms with Crippen LogP contribution in [-0.4, -0.2) is 70.1 Å². The molecule has 0 saturated carbocycles. The number of aromatic nitrogens is 3. The number of nitrogens with one attached hydrogen (secondary N) is 2. The first-order chi connectivity index (χ1) is 20.3. The minimum atomic E-state index is -1.29. The van der Waals surface area contributed by atoms with Crippen LogP contribution in [0.25, 0.3) is 43.4 Å². The molecule has 2 aliphatic heterocycles. The number of aromatic carboxylic acids is 1. The van der Waals surface area contributed by atoms with Gasteiger partial charge >= 0.3 is 5.97 Å². The van der Waals surface area contributed by atoms with Gasteiger partial charge in [-0.1, -0.05) is 6.07 Å². The molecule has 6 heterocycles. The lowest BCUT2D eigenvalue weighted by molar-refractivity contribution is 0.0694. The number of likely N-dealkylation sites (N-methyl/N-ethyl adjacent to an activating group) is 1. The van der Waals surface area contributed by atoms with Crippen LogP contribution in [0.4, 0.5) is 21.5 Å². The van der Waals surface area contributed by atoms with Gasteiger partial charge in [-0.05, 0) is 56.6 Å². The van der Waals surface area contributed by atoms with Gasteiger partial charge < -0.3 is 25.2 Å². The van der Waals surface area contributed by atoms with Crippen LogP contribution in [0, 0.1) is 18.3 Å². The average molecular weight is 566 g/mol. The molecule has 10 nitrogen and oxygen atoms in total. The van der Waals surface area contributed by atoms with Gasteiger partial charge in [0.2, 0.25) is 5.69 Å².